The predicted molar refractivity (Wildman–Crippen MR) is 90.2 cm³/mol. The Balaban J connectivity index is 1.73. The van der Waals surface area contributed by atoms with Crippen molar-refractivity contribution in [1.29, 1.82) is 0 Å². The molecule has 24 heavy (non-hydrogen) atoms. The van der Waals surface area contributed by atoms with Crippen LogP contribution in [0.15, 0.2) is 41.2 Å². The fraction of sp³-hybridized carbons (Fsp3) is 0.353. The summed E-state index contributed by atoms with van der Waals surface area (Å²) in [4.78, 5) is 32.5. The Labute approximate surface area is 144 Å². The monoisotopic (exact) mass is 345 g/mol. The van der Waals surface area contributed by atoms with E-state index in [1.165, 1.54) is 11.3 Å². The van der Waals surface area contributed by atoms with Gasteiger partial charge in [-0.25, -0.2) is 4.98 Å². The maximum atomic E-state index is 12.8. The van der Waals surface area contributed by atoms with E-state index in [9.17, 15) is 9.59 Å². The van der Waals surface area contributed by atoms with Gasteiger partial charge in [0.1, 0.15) is 12.6 Å². The van der Waals surface area contributed by atoms with Crippen molar-refractivity contribution in [2.75, 3.05) is 20.3 Å². The number of likely N-dealkylation sites (N-methyl/N-ethyl adjacent to an activating group) is 1. The van der Waals surface area contributed by atoms with Crippen molar-refractivity contribution in [3.63, 3.8) is 0 Å². The third-order valence-electron chi connectivity index (χ3n) is 3.94. The molecule has 126 valence electrons. The summed E-state index contributed by atoms with van der Waals surface area (Å²) in [6, 6.07) is 9.06. The molecule has 1 saturated heterocycles. The van der Waals surface area contributed by atoms with Gasteiger partial charge in [0.25, 0.3) is 0 Å². The van der Waals surface area contributed by atoms with Gasteiger partial charge in [-0.3, -0.25) is 9.59 Å². The van der Waals surface area contributed by atoms with Crippen LogP contribution < -0.4 is 0 Å². The van der Waals surface area contributed by atoms with Gasteiger partial charge in [-0.2, -0.15) is 0 Å². The lowest BCUT2D eigenvalue weighted by Crippen LogP contribution is -2.56. The summed E-state index contributed by atoms with van der Waals surface area (Å²) in [6.45, 7) is 1.07. The Morgan fingerprint density at radius 3 is 2.92 bits per heavy atom. The van der Waals surface area contributed by atoms with Crippen LogP contribution in [0.4, 0.5) is 0 Å². The molecule has 0 aliphatic carbocycles. The lowest BCUT2D eigenvalue weighted by atomic mass is 10.1. The van der Waals surface area contributed by atoms with Crippen LogP contribution in [0.2, 0.25) is 0 Å². The van der Waals surface area contributed by atoms with Crippen LogP contribution in [0.3, 0.4) is 0 Å². The molecule has 1 atom stereocenters. The van der Waals surface area contributed by atoms with Crippen molar-refractivity contribution in [3.05, 3.63) is 52.5 Å². The van der Waals surface area contributed by atoms with Crippen molar-refractivity contribution in [2.24, 2.45) is 0 Å². The largest absolute Gasteiger partial charge is 0.369 e. The van der Waals surface area contributed by atoms with E-state index in [1.54, 1.807) is 22.4 Å². The van der Waals surface area contributed by atoms with E-state index < -0.39 is 6.04 Å². The molecule has 7 heteroatoms. The first-order valence-electron chi connectivity index (χ1n) is 7.68. The summed E-state index contributed by atoms with van der Waals surface area (Å²) in [7, 11) is 1.72. The Hall–Kier alpha value is -2.25. The van der Waals surface area contributed by atoms with Crippen LogP contribution in [-0.4, -0.2) is 52.9 Å². The molecule has 1 aliphatic rings. The molecular formula is C17H19N3O3S. The third kappa shape index (κ3) is 3.80. The minimum Gasteiger partial charge on any atom is -0.369 e. The molecule has 1 aromatic heterocycles. The zero-order valence-corrected chi connectivity index (χ0v) is 14.2. The molecule has 0 radical (unpaired) electrons. The number of benzene rings is 1. The molecule has 0 saturated carbocycles. The van der Waals surface area contributed by atoms with Crippen LogP contribution in [0.1, 0.15) is 11.3 Å². The van der Waals surface area contributed by atoms with Crippen LogP contribution >= 0.6 is 11.3 Å². The van der Waals surface area contributed by atoms with E-state index in [1.807, 2.05) is 35.7 Å². The summed E-state index contributed by atoms with van der Waals surface area (Å²) >= 11 is 1.49. The van der Waals surface area contributed by atoms with Crippen LogP contribution in [0, 0.1) is 0 Å². The maximum Gasteiger partial charge on any atom is 0.249 e. The standard InChI is InChI=1S/C17H19N3O3S/c1-19(8-14-11-24-12-18-14)17(22)15-9-23-10-16(21)20(15)7-13-5-3-2-4-6-13/h2-6,11-12,15H,7-10H2,1H3/t15-/m1/s1. The highest BCUT2D eigenvalue weighted by Gasteiger charge is 2.35. The molecule has 2 amide bonds. The number of nitrogens with zero attached hydrogens (tertiary/aromatic N) is 3. The van der Waals surface area contributed by atoms with Gasteiger partial charge in [0.2, 0.25) is 11.8 Å². The Kier molecular flexibility index (Phi) is 5.22. The summed E-state index contributed by atoms with van der Waals surface area (Å²) in [6.07, 6.45) is 0. The highest BCUT2D eigenvalue weighted by atomic mass is 32.1. The van der Waals surface area contributed by atoms with Crippen molar-refractivity contribution in [3.8, 4) is 0 Å². The van der Waals surface area contributed by atoms with Crippen molar-refractivity contribution in [2.45, 2.75) is 19.1 Å². The summed E-state index contributed by atoms with van der Waals surface area (Å²) in [5.41, 5.74) is 3.57. The average molecular weight is 345 g/mol. The predicted octanol–water partition coefficient (Wildman–Crippen LogP) is 1.53. The lowest BCUT2D eigenvalue weighted by molar-refractivity contribution is -0.159. The number of rotatable bonds is 5. The van der Waals surface area contributed by atoms with E-state index in [2.05, 4.69) is 4.98 Å². The molecule has 2 heterocycles. The second-order valence-corrected chi connectivity index (χ2v) is 6.43. The molecule has 0 unspecified atom stereocenters. The van der Waals surface area contributed by atoms with Crippen molar-refractivity contribution in [1.82, 2.24) is 14.8 Å². The highest BCUT2D eigenvalue weighted by Crippen LogP contribution is 2.16. The molecule has 1 aliphatic heterocycles. The number of ether oxygens (including phenoxy) is 1. The molecule has 1 aromatic carbocycles. The summed E-state index contributed by atoms with van der Waals surface area (Å²) < 4.78 is 5.32. The van der Waals surface area contributed by atoms with Gasteiger partial charge in [-0.15, -0.1) is 11.3 Å². The number of morpholine rings is 1. The van der Waals surface area contributed by atoms with E-state index in [0.717, 1.165) is 11.3 Å². The van der Waals surface area contributed by atoms with Gasteiger partial charge in [-0.1, -0.05) is 30.3 Å². The average Bonchev–Trinajstić information content (AvgIpc) is 3.10. The topological polar surface area (TPSA) is 62.7 Å². The maximum absolute atomic E-state index is 12.8. The number of aromatic nitrogens is 1. The van der Waals surface area contributed by atoms with Crippen molar-refractivity contribution < 1.29 is 14.3 Å². The van der Waals surface area contributed by atoms with E-state index >= 15 is 0 Å². The first-order chi connectivity index (χ1) is 11.6. The molecule has 2 aromatic rings. The number of hydrogen-bond acceptors (Lipinski definition) is 5. The zero-order chi connectivity index (χ0) is 16.9. The molecule has 0 N–H and O–H groups in total. The van der Waals surface area contributed by atoms with Gasteiger partial charge in [0.15, 0.2) is 0 Å². The van der Waals surface area contributed by atoms with Crippen LogP contribution in [0.5, 0.6) is 0 Å². The lowest BCUT2D eigenvalue weighted by Gasteiger charge is -2.36. The number of carbonyl (C=O) groups excluding carboxylic acids is 2. The molecule has 1 fully saturated rings. The molecule has 3 rings (SSSR count). The summed E-state index contributed by atoms with van der Waals surface area (Å²) in [5, 5.41) is 1.91. The first-order valence-corrected chi connectivity index (χ1v) is 8.62. The number of hydrogen-bond donors (Lipinski definition) is 0. The van der Waals surface area contributed by atoms with E-state index in [-0.39, 0.29) is 25.0 Å². The van der Waals surface area contributed by atoms with Gasteiger partial charge in [0.05, 0.1) is 24.4 Å². The fourth-order valence-corrected chi connectivity index (χ4v) is 3.23. The van der Waals surface area contributed by atoms with Crippen LogP contribution in [0.25, 0.3) is 0 Å². The number of thiazole rings is 1. The Bertz CT molecular complexity index is 690. The normalized spacial score (nSPS) is 17.8. The number of amides is 2. The van der Waals surface area contributed by atoms with Gasteiger partial charge < -0.3 is 14.5 Å². The van der Waals surface area contributed by atoms with Gasteiger partial charge in [-0.05, 0) is 5.56 Å². The second kappa shape index (κ2) is 7.55. The van der Waals surface area contributed by atoms with Crippen molar-refractivity contribution >= 4 is 23.2 Å². The summed E-state index contributed by atoms with van der Waals surface area (Å²) in [5.74, 6) is -0.294. The smallest absolute Gasteiger partial charge is 0.249 e. The zero-order valence-electron chi connectivity index (χ0n) is 13.4. The second-order valence-electron chi connectivity index (χ2n) is 5.71. The SMILES string of the molecule is CN(Cc1cscn1)C(=O)[C@H]1COCC(=O)N1Cc1ccccc1. The fourth-order valence-electron chi connectivity index (χ4n) is 2.68. The first kappa shape index (κ1) is 16.6. The van der Waals surface area contributed by atoms with E-state index in [0.29, 0.717) is 13.1 Å². The molecule has 0 spiro atoms. The molecule has 6 nitrogen and oxygen atoms in total. The van der Waals surface area contributed by atoms with Gasteiger partial charge in [0, 0.05) is 19.0 Å². The molecular weight excluding hydrogens is 326 g/mol. The number of carbonyl (C=O) groups is 2. The van der Waals surface area contributed by atoms with E-state index in [4.69, 9.17) is 4.74 Å². The Morgan fingerprint density at radius 1 is 1.42 bits per heavy atom. The van der Waals surface area contributed by atoms with Crippen LogP contribution in [-0.2, 0) is 27.4 Å². The Morgan fingerprint density at radius 2 is 2.21 bits per heavy atom. The highest BCUT2D eigenvalue weighted by molar-refractivity contribution is 7.07. The third-order valence-corrected chi connectivity index (χ3v) is 4.57. The minimum absolute atomic E-state index is 0.0203. The minimum atomic E-state index is -0.602. The van der Waals surface area contributed by atoms with Gasteiger partial charge >= 0.3 is 0 Å². The quantitative estimate of drug-likeness (QED) is 0.824. The molecule has 0 bridgehead atoms.